The number of hydrogen-bond acceptors (Lipinski definition) is 5. The summed E-state index contributed by atoms with van der Waals surface area (Å²) < 4.78 is 4.93. The zero-order valence-electron chi connectivity index (χ0n) is 15.7. The molecule has 0 aliphatic rings. The molecule has 9 heteroatoms. The van der Waals surface area contributed by atoms with E-state index in [9.17, 15) is 19.7 Å². The zero-order chi connectivity index (χ0) is 21.8. The quantitative estimate of drug-likeness (QED) is 0.334. The van der Waals surface area contributed by atoms with Gasteiger partial charge in [-0.15, -0.1) is 0 Å². The Bertz CT molecular complexity index is 1160. The number of carbonyl (C=O) groups excluding carboxylic acids is 1. The van der Waals surface area contributed by atoms with Gasteiger partial charge in [-0.2, -0.15) is 0 Å². The van der Waals surface area contributed by atoms with E-state index in [1.54, 1.807) is 24.3 Å². The Hall–Kier alpha value is -3.16. The summed E-state index contributed by atoms with van der Waals surface area (Å²) in [6, 6.07) is 12.4. The van der Waals surface area contributed by atoms with E-state index < -0.39 is 22.4 Å². The lowest BCUT2D eigenvalue weighted by molar-refractivity contribution is -0.384. The minimum Gasteiger partial charge on any atom is -0.469 e. The average molecular weight is 447 g/mol. The zero-order valence-corrected chi connectivity index (χ0v) is 17.2. The van der Waals surface area contributed by atoms with Crippen LogP contribution in [0.4, 0.5) is 5.69 Å². The summed E-state index contributed by atoms with van der Waals surface area (Å²) >= 11 is 12.0. The number of benzene rings is 2. The van der Waals surface area contributed by atoms with Crippen LogP contribution in [0.25, 0.3) is 11.1 Å². The SMILES string of the molecule is COC(=O)C(Cc1ccc(Cl)cc1)c1c(-c2cc(Cl)ccc2[N+](=O)[O-])cc[nH]c1=O. The normalized spacial score (nSPS) is 11.7. The predicted molar refractivity (Wildman–Crippen MR) is 114 cm³/mol. The Morgan fingerprint density at radius 1 is 1.10 bits per heavy atom. The summed E-state index contributed by atoms with van der Waals surface area (Å²) in [4.78, 5) is 39.0. The predicted octanol–water partition coefficient (Wildman–Crippen LogP) is 4.76. The van der Waals surface area contributed by atoms with E-state index in [1.165, 1.54) is 37.6 Å². The van der Waals surface area contributed by atoms with Gasteiger partial charge in [0.1, 0.15) is 0 Å². The molecule has 0 spiro atoms. The number of nitrogens with one attached hydrogen (secondary N) is 1. The topological polar surface area (TPSA) is 102 Å². The standard InChI is InChI=1S/C21H16Cl2N2O5/c1-30-21(27)17(10-12-2-4-13(22)5-3-12)19-15(8-9-24-20(19)26)16-11-14(23)6-7-18(16)25(28)29/h2-9,11,17H,10H2,1H3,(H,24,26). The van der Waals surface area contributed by atoms with Crippen LogP contribution in [-0.2, 0) is 16.0 Å². The van der Waals surface area contributed by atoms with Crippen LogP contribution in [0.2, 0.25) is 10.0 Å². The fraction of sp³-hybridized carbons (Fsp3) is 0.143. The number of esters is 1. The number of aromatic nitrogens is 1. The number of H-pyrrole nitrogens is 1. The van der Waals surface area contributed by atoms with E-state index in [0.717, 1.165) is 5.56 Å². The summed E-state index contributed by atoms with van der Waals surface area (Å²) in [7, 11) is 1.22. The van der Waals surface area contributed by atoms with Crippen molar-refractivity contribution in [1.29, 1.82) is 0 Å². The monoisotopic (exact) mass is 446 g/mol. The Morgan fingerprint density at radius 3 is 2.40 bits per heavy atom. The molecule has 0 aliphatic carbocycles. The summed E-state index contributed by atoms with van der Waals surface area (Å²) in [6.07, 6.45) is 1.50. The van der Waals surface area contributed by atoms with Gasteiger partial charge in [0.25, 0.3) is 11.2 Å². The Balaban J connectivity index is 2.22. The second kappa shape index (κ2) is 9.11. The molecule has 1 unspecified atom stereocenters. The molecular formula is C21H16Cl2N2O5. The maximum absolute atomic E-state index is 12.8. The van der Waals surface area contributed by atoms with Crippen molar-refractivity contribution >= 4 is 34.9 Å². The highest BCUT2D eigenvalue weighted by Gasteiger charge is 2.30. The first-order chi connectivity index (χ1) is 14.3. The molecule has 1 aromatic heterocycles. The third kappa shape index (κ3) is 4.53. The smallest absolute Gasteiger partial charge is 0.313 e. The van der Waals surface area contributed by atoms with Gasteiger partial charge in [-0.25, -0.2) is 0 Å². The highest BCUT2D eigenvalue weighted by molar-refractivity contribution is 6.31. The van der Waals surface area contributed by atoms with E-state index in [2.05, 4.69) is 4.98 Å². The largest absolute Gasteiger partial charge is 0.469 e. The maximum Gasteiger partial charge on any atom is 0.313 e. The fourth-order valence-corrected chi connectivity index (χ4v) is 3.55. The van der Waals surface area contributed by atoms with Crippen LogP contribution in [0.15, 0.2) is 59.5 Å². The first-order valence-electron chi connectivity index (χ1n) is 8.80. The van der Waals surface area contributed by atoms with Crippen molar-refractivity contribution in [3.05, 3.63) is 96.4 Å². The lowest BCUT2D eigenvalue weighted by Gasteiger charge is -2.18. The van der Waals surface area contributed by atoms with Gasteiger partial charge in [0.05, 0.1) is 23.5 Å². The average Bonchev–Trinajstić information content (AvgIpc) is 2.72. The number of ether oxygens (including phenoxy) is 1. The molecule has 0 aliphatic heterocycles. The van der Waals surface area contributed by atoms with Gasteiger partial charge in [0.15, 0.2) is 0 Å². The lowest BCUT2D eigenvalue weighted by atomic mass is 9.87. The van der Waals surface area contributed by atoms with Gasteiger partial charge >= 0.3 is 5.97 Å². The molecule has 0 bridgehead atoms. The molecule has 7 nitrogen and oxygen atoms in total. The third-order valence-electron chi connectivity index (χ3n) is 4.63. The maximum atomic E-state index is 12.8. The molecule has 2 aromatic carbocycles. The summed E-state index contributed by atoms with van der Waals surface area (Å²) in [5, 5.41) is 12.3. The van der Waals surface area contributed by atoms with Crippen LogP contribution < -0.4 is 5.56 Å². The van der Waals surface area contributed by atoms with Crippen molar-refractivity contribution in [3.63, 3.8) is 0 Å². The van der Waals surface area contributed by atoms with E-state index in [1.807, 2.05) is 0 Å². The van der Waals surface area contributed by atoms with E-state index in [4.69, 9.17) is 27.9 Å². The van der Waals surface area contributed by atoms with Gasteiger partial charge in [-0.1, -0.05) is 35.3 Å². The Labute approximate surface area is 181 Å². The van der Waals surface area contributed by atoms with Crippen LogP contribution in [-0.4, -0.2) is 23.0 Å². The number of aromatic amines is 1. The summed E-state index contributed by atoms with van der Waals surface area (Å²) in [6.45, 7) is 0. The van der Waals surface area contributed by atoms with Crippen molar-refractivity contribution in [2.45, 2.75) is 12.3 Å². The highest BCUT2D eigenvalue weighted by atomic mass is 35.5. The molecule has 1 N–H and O–H groups in total. The molecule has 0 saturated carbocycles. The van der Waals surface area contributed by atoms with Crippen LogP contribution >= 0.6 is 23.2 Å². The molecule has 3 rings (SSSR count). The van der Waals surface area contributed by atoms with E-state index >= 15 is 0 Å². The van der Waals surface area contributed by atoms with Gasteiger partial charge in [-0.3, -0.25) is 19.7 Å². The van der Waals surface area contributed by atoms with Crippen LogP contribution in [0.1, 0.15) is 17.0 Å². The molecule has 154 valence electrons. The molecule has 0 radical (unpaired) electrons. The first kappa shape index (κ1) is 21.5. The van der Waals surface area contributed by atoms with Crippen molar-refractivity contribution in [1.82, 2.24) is 4.98 Å². The van der Waals surface area contributed by atoms with E-state index in [-0.39, 0.29) is 33.8 Å². The second-order valence-electron chi connectivity index (χ2n) is 6.46. The number of rotatable bonds is 6. The number of pyridine rings is 1. The molecule has 30 heavy (non-hydrogen) atoms. The van der Waals surface area contributed by atoms with Crippen molar-refractivity contribution in [3.8, 4) is 11.1 Å². The van der Waals surface area contributed by atoms with Crippen LogP contribution in [0, 0.1) is 10.1 Å². The number of nitro groups is 1. The van der Waals surface area contributed by atoms with Crippen molar-refractivity contribution < 1.29 is 14.5 Å². The van der Waals surface area contributed by atoms with Gasteiger partial charge in [0, 0.05) is 27.9 Å². The number of methoxy groups -OCH3 is 1. The minimum atomic E-state index is -1.00. The van der Waals surface area contributed by atoms with E-state index in [0.29, 0.717) is 5.02 Å². The highest BCUT2D eigenvalue weighted by Crippen LogP contribution is 2.36. The van der Waals surface area contributed by atoms with Crippen molar-refractivity contribution in [2.24, 2.45) is 0 Å². The molecular weight excluding hydrogens is 431 g/mol. The Kier molecular flexibility index (Phi) is 6.54. The molecule has 0 amide bonds. The molecule has 1 atom stereocenters. The third-order valence-corrected chi connectivity index (χ3v) is 5.12. The number of carbonyl (C=O) groups is 1. The minimum absolute atomic E-state index is 0.0599. The van der Waals surface area contributed by atoms with Crippen molar-refractivity contribution in [2.75, 3.05) is 7.11 Å². The number of nitrogens with zero attached hydrogens (tertiary/aromatic N) is 1. The molecule has 1 heterocycles. The number of nitro benzene ring substituents is 1. The number of halogens is 2. The van der Waals surface area contributed by atoms with Gasteiger partial charge in [-0.05, 0) is 47.9 Å². The molecule has 3 aromatic rings. The molecule has 0 saturated heterocycles. The number of hydrogen-bond donors (Lipinski definition) is 1. The van der Waals surface area contributed by atoms with Gasteiger partial charge < -0.3 is 9.72 Å². The van der Waals surface area contributed by atoms with Crippen LogP contribution in [0.3, 0.4) is 0 Å². The Morgan fingerprint density at radius 2 is 1.77 bits per heavy atom. The molecule has 0 fully saturated rings. The van der Waals surface area contributed by atoms with Crippen LogP contribution in [0.5, 0.6) is 0 Å². The van der Waals surface area contributed by atoms with Gasteiger partial charge in [0.2, 0.25) is 0 Å². The first-order valence-corrected chi connectivity index (χ1v) is 9.55. The lowest BCUT2D eigenvalue weighted by Crippen LogP contribution is -2.25. The summed E-state index contributed by atoms with van der Waals surface area (Å²) in [5.74, 6) is -1.65. The summed E-state index contributed by atoms with van der Waals surface area (Å²) in [5.41, 5.74) is 0.387. The second-order valence-corrected chi connectivity index (χ2v) is 7.33. The fourth-order valence-electron chi connectivity index (χ4n) is 3.26.